The molecule has 1 saturated heterocycles. The molecule has 2 aliphatic rings. The monoisotopic (exact) mass is 348 g/mol. The number of hydrogen-bond acceptors (Lipinski definition) is 3. The predicted octanol–water partition coefficient (Wildman–Crippen LogP) is 4.43. The van der Waals surface area contributed by atoms with Gasteiger partial charge in [-0.15, -0.1) is 0 Å². The number of nitrogens with one attached hydrogen (secondary N) is 1. The van der Waals surface area contributed by atoms with Gasteiger partial charge in [-0.25, -0.2) is 5.06 Å². The van der Waals surface area contributed by atoms with Crippen LogP contribution in [0.3, 0.4) is 0 Å². The Labute approximate surface area is 154 Å². The smallest absolute Gasteiger partial charge is 0.221 e. The molecule has 0 spiro atoms. The van der Waals surface area contributed by atoms with Crippen LogP contribution >= 0.6 is 0 Å². The van der Waals surface area contributed by atoms with Crippen molar-refractivity contribution < 1.29 is 9.63 Å². The standard InChI is InChI=1S/C22H24N2O2/c1-15(25)23-18-11-8-16(9-12-18)10-13-21-22(2,3)20-14-17-6-4-5-7-19(17)24(20)26-21/h4-13,20-21H,14H2,1-3H3,(H,23,25). The van der Waals surface area contributed by atoms with Gasteiger partial charge in [-0.1, -0.05) is 56.3 Å². The van der Waals surface area contributed by atoms with E-state index in [4.69, 9.17) is 4.84 Å². The number of carbonyl (C=O) groups excluding carboxylic acids is 1. The summed E-state index contributed by atoms with van der Waals surface area (Å²) in [6, 6.07) is 16.7. The van der Waals surface area contributed by atoms with Crippen LogP contribution in [0.4, 0.5) is 11.4 Å². The average molecular weight is 348 g/mol. The lowest BCUT2D eigenvalue weighted by atomic mass is 9.78. The highest BCUT2D eigenvalue weighted by molar-refractivity contribution is 5.88. The molecular weight excluding hydrogens is 324 g/mol. The molecule has 1 N–H and O–H groups in total. The fourth-order valence-corrected chi connectivity index (χ4v) is 3.86. The lowest BCUT2D eigenvalue weighted by Gasteiger charge is -2.26. The highest BCUT2D eigenvalue weighted by Gasteiger charge is 2.51. The van der Waals surface area contributed by atoms with Crippen molar-refractivity contribution >= 4 is 23.4 Å². The van der Waals surface area contributed by atoms with E-state index in [2.05, 4.69) is 60.6 Å². The van der Waals surface area contributed by atoms with Crippen molar-refractivity contribution in [2.75, 3.05) is 10.4 Å². The van der Waals surface area contributed by atoms with E-state index in [0.29, 0.717) is 6.04 Å². The van der Waals surface area contributed by atoms with Crippen molar-refractivity contribution in [3.05, 3.63) is 65.7 Å². The molecule has 1 amide bonds. The van der Waals surface area contributed by atoms with Gasteiger partial charge in [0.25, 0.3) is 0 Å². The van der Waals surface area contributed by atoms with E-state index in [9.17, 15) is 4.79 Å². The van der Waals surface area contributed by atoms with Crippen molar-refractivity contribution in [1.29, 1.82) is 0 Å². The first-order valence-electron chi connectivity index (χ1n) is 9.05. The van der Waals surface area contributed by atoms with Crippen LogP contribution in [-0.4, -0.2) is 18.1 Å². The SMILES string of the molecule is CC(=O)Nc1ccc(C=CC2ON3c4ccccc4CC3C2(C)C)cc1. The van der Waals surface area contributed by atoms with Crippen molar-refractivity contribution in [3.63, 3.8) is 0 Å². The maximum Gasteiger partial charge on any atom is 0.221 e. The molecule has 0 aliphatic carbocycles. The minimum Gasteiger partial charge on any atom is -0.326 e. The topological polar surface area (TPSA) is 41.6 Å². The number of nitrogens with zero attached hydrogens (tertiary/aromatic N) is 1. The molecule has 2 aromatic carbocycles. The summed E-state index contributed by atoms with van der Waals surface area (Å²) in [4.78, 5) is 17.4. The van der Waals surface area contributed by atoms with Crippen molar-refractivity contribution in [2.45, 2.75) is 39.3 Å². The molecule has 2 aromatic rings. The van der Waals surface area contributed by atoms with Gasteiger partial charge in [-0.05, 0) is 35.7 Å². The second-order valence-corrected chi connectivity index (χ2v) is 7.68. The maximum absolute atomic E-state index is 11.1. The van der Waals surface area contributed by atoms with Crippen LogP contribution in [-0.2, 0) is 16.1 Å². The summed E-state index contributed by atoms with van der Waals surface area (Å²) in [6.07, 6.45) is 5.29. The molecule has 2 aliphatic heterocycles. The maximum atomic E-state index is 11.1. The van der Waals surface area contributed by atoms with Crippen LogP contribution in [0.1, 0.15) is 31.9 Å². The van der Waals surface area contributed by atoms with E-state index in [1.54, 1.807) is 0 Å². The van der Waals surface area contributed by atoms with Gasteiger partial charge in [0, 0.05) is 18.0 Å². The van der Waals surface area contributed by atoms with E-state index in [1.807, 2.05) is 24.3 Å². The number of carbonyl (C=O) groups is 1. The third kappa shape index (κ3) is 2.90. The van der Waals surface area contributed by atoms with E-state index < -0.39 is 0 Å². The summed E-state index contributed by atoms with van der Waals surface area (Å²) in [5, 5.41) is 4.89. The molecule has 4 nitrogen and oxygen atoms in total. The van der Waals surface area contributed by atoms with Crippen LogP contribution in [0.2, 0.25) is 0 Å². The highest BCUT2D eigenvalue weighted by atomic mass is 16.7. The number of anilines is 2. The molecule has 4 rings (SSSR count). The Balaban J connectivity index is 1.51. The Morgan fingerprint density at radius 2 is 1.92 bits per heavy atom. The average Bonchev–Trinajstić information content (AvgIpc) is 3.09. The lowest BCUT2D eigenvalue weighted by molar-refractivity contribution is -0.114. The van der Waals surface area contributed by atoms with Gasteiger partial charge < -0.3 is 5.32 Å². The second-order valence-electron chi connectivity index (χ2n) is 7.68. The zero-order valence-electron chi connectivity index (χ0n) is 15.4. The first kappa shape index (κ1) is 16.9. The summed E-state index contributed by atoms with van der Waals surface area (Å²) >= 11 is 0. The van der Waals surface area contributed by atoms with Crippen LogP contribution in [0.25, 0.3) is 6.08 Å². The van der Waals surface area contributed by atoms with Crippen LogP contribution in [0.15, 0.2) is 54.6 Å². The Bertz CT molecular complexity index is 855. The number of benzene rings is 2. The van der Waals surface area contributed by atoms with Gasteiger partial charge in [-0.2, -0.15) is 0 Å². The lowest BCUT2D eigenvalue weighted by Crippen LogP contribution is -2.36. The number of fused-ring (bicyclic) bond motifs is 3. The number of rotatable bonds is 3. The molecular formula is C22H24N2O2. The Hall–Kier alpha value is -2.59. The predicted molar refractivity (Wildman–Crippen MR) is 105 cm³/mol. The Morgan fingerprint density at radius 1 is 1.19 bits per heavy atom. The second kappa shape index (κ2) is 6.29. The van der Waals surface area contributed by atoms with Gasteiger partial charge in [0.15, 0.2) is 0 Å². The van der Waals surface area contributed by atoms with Gasteiger partial charge in [0.1, 0.15) is 6.10 Å². The van der Waals surface area contributed by atoms with Crippen LogP contribution in [0, 0.1) is 5.41 Å². The fraction of sp³-hybridized carbons (Fsp3) is 0.318. The minimum absolute atomic E-state index is 0.0195. The Kier molecular flexibility index (Phi) is 4.08. The van der Waals surface area contributed by atoms with Gasteiger partial charge in [0.2, 0.25) is 5.91 Å². The van der Waals surface area contributed by atoms with Gasteiger partial charge >= 0.3 is 0 Å². The molecule has 0 saturated carbocycles. The molecule has 0 aromatic heterocycles. The number of amides is 1. The zero-order chi connectivity index (χ0) is 18.3. The zero-order valence-corrected chi connectivity index (χ0v) is 15.4. The number of para-hydroxylation sites is 1. The summed E-state index contributed by atoms with van der Waals surface area (Å²) in [5.41, 5.74) is 4.48. The molecule has 2 atom stereocenters. The van der Waals surface area contributed by atoms with Crippen LogP contribution in [0.5, 0.6) is 0 Å². The van der Waals surface area contributed by atoms with E-state index in [1.165, 1.54) is 18.2 Å². The highest BCUT2D eigenvalue weighted by Crippen LogP contribution is 2.48. The Morgan fingerprint density at radius 3 is 2.65 bits per heavy atom. The first-order valence-corrected chi connectivity index (χ1v) is 9.05. The van der Waals surface area contributed by atoms with E-state index >= 15 is 0 Å². The first-order chi connectivity index (χ1) is 12.4. The van der Waals surface area contributed by atoms with Crippen molar-refractivity contribution in [2.24, 2.45) is 5.41 Å². The van der Waals surface area contributed by atoms with E-state index in [-0.39, 0.29) is 17.4 Å². The summed E-state index contributed by atoms with van der Waals surface area (Å²) < 4.78 is 0. The number of hydroxylamine groups is 1. The number of hydrogen-bond donors (Lipinski definition) is 1. The molecule has 4 heteroatoms. The van der Waals surface area contributed by atoms with Crippen molar-refractivity contribution in [3.8, 4) is 0 Å². The van der Waals surface area contributed by atoms with Crippen molar-refractivity contribution in [1.82, 2.24) is 0 Å². The molecule has 26 heavy (non-hydrogen) atoms. The minimum atomic E-state index is -0.0599. The molecule has 2 heterocycles. The normalized spacial score (nSPS) is 23.1. The van der Waals surface area contributed by atoms with Gasteiger partial charge in [-0.3, -0.25) is 9.63 Å². The largest absolute Gasteiger partial charge is 0.326 e. The quantitative estimate of drug-likeness (QED) is 0.892. The third-order valence-electron chi connectivity index (χ3n) is 5.44. The fourth-order valence-electron chi connectivity index (χ4n) is 3.86. The molecule has 1 fully saturated rings. The molecule has 0 bridgehead atoms. The molecule has 134 valence electrons. The van der Waals surface area contributed by atoms with Crippen LogP contribution < -0.4 is 10.4 Å². The van der Waals surface area contributed by atoms with Gasteiger partial charge in [0.05, 0.1) is 11.7 Å². The summed E-state index contributed by atoms with van der Waals surface area (Å²) in [7, 11) is 0. The summed E-state index contributed by atoms with van der Waals surface area (Å²) in [6.45, 7) is 6.06. The van der Waals surface area contributed by atoms with E-state index in [0.717, 1.165) is 17.7 Å². The third-order valence-corrected chi connectivity index (χ3v) is 5.44. The summed E-state index contributed by atoms with van der Waals surface area (Å²) in [5.74, 6) is -0.0599. The molecule has 2 unspecified atom stereocenters. The molecule has 0 radical (unpaired) electrons.